The lowest BCUT2D eigenvalue weighted by Gasteiger charge is -2.64. The summed E-state index contributed by atoms with van der Waals surface area (Å²) in [5.74, 6) is -0.489. The van der Waals surface area contributed by atoms with E-state index in [0.717, 1.165) is 62.1 Å². The molecular weight excluding hydrogens is 480 g/mol. The first-order valence-electron chi connectivity index (χ1n) is 14.6. The second-order valence-corrected chi connectivity index (χ2v) is 17.4. The van der Waals surface area contributed by atoms with Gasteiger partial charge < -0.3 is 18.7 Å². The molecular formula is C31H52O5Si. The van der Waals surface area contributed by atoms with Crippen LogP contribution in [0.3, 0.4) is 0 Å². The Morgan fingerprint density at radius 1 is 1.08 bits per heavy atom. The number of aldehydes is 1. The number of methoxy groups -OCH3 is 1. The molecule has 37 heavy (non-hydrogen) atoms. The zero-order chi connectivity index (χ0) is 27.8. The largest absolute Gasteiger partial charge is 0.466 e. The number of carbonyl (C=O) groups is 2. The van der Waals surface area contributed by atoms with E-state index < -0.39 is 20.0 Å². The lowest BCUT2D eigenvalue weighted by molar-refractivity contribution is -0.247. The third-order valence-electron chi connectivity index (χ3n) is 11.1. The summed E-state index contributed by atoms with van der Waals surface area (Å²) in [4.78, 5) is 25.6. The lowest BCUT2D eigenvalue weighted by Crippen LogP contribution is -2.63. The number of hydrogen-bond acceptors (Lipinski definition) is 5. The zero-order valence-corrected chi connectivity index (χ0v) is 26.0. The van der Waals surface area contributed by atoms with Crippen LogP contribution in [0.5, 0.6) is 0 Å². The minimum absolute atomic E-state index is 0.0613. The van der Waals surface area contributed by atoms with Crippen molar-refractivity contribution in [3.05, 3.63) is 23.5 Å². The Kier molecular flexibility index (Phi) is 9.08. The molecule has 0 amide bonds. The van der Waals surface area contributed by atoms with Crippen LogP contribution >= 0.6 is 0 Å². The molecule has 0 radical (unpaired) electrons. The minimum Gasteiger partial charge on any atom is -0.466 e. The molecule has 2 saturated carbocycles. The van der Waals surface area contributed by atoms with Crippen LogP contribution in [0.1, 0.15) is 93.9 Å². The fraction of sp³-hybridized carbons (Fsp3) is 0.806. The summed E-state index contributed by atoms with van der Waals surface area (Å²) in [6.07, 6.45) is 6.36. The molecule has 0 aromatic rings. The van der Waals surface area contributed by atoms with Gasteiger partial charge in [0.2, 0.25) is 5.79 Å². The van der Waals surface area contributed by atoms with Crippen LogP contribution in [-0.2, 0) is 23.5 Å². The van der Waals surface area contributed by atoms with Gasteiger partial charge in [-0.15, -0.1) is 0 Å². The van der Waals surface area contributed by atoms with Crippen molar-refractivity contribution in [3.8, 4) is 0 Å². The highest BCUT2D eigenvalue weighted by Gasteiger charge is 2.64. The van der Waals surface area contributed by atoms with Crippen molar-refractivity contribution < 1.29 is 23.5 Å². The van der Waals surface area contributed by atoms with Gasteiger partial charge in [-0.3, -0.25) is 4.79 Å². The van der Waals surface area contributed by atoms with E-state index in [1.54, 1.807) is 7.11 Å². The fourth-order valence-electron chi connectivity index (χ4n) is 8.44. The maximum atomic E-state index is 13.9. The van der Waals surface area contributed by atoms with Crippen molar-refractivity contribution in [2.24, 2.45) is 28.6 Å². The van der Waals surface area contributed by atoms with Crippen LogP contribution < -0.4 is 0 Å². The number of Topliss-reactive ketones (excluding diaryl/α,β-unsaturated/α-hetero) is 1. The molecule has 7 atom stereocenters. The number of ketones is 1. The van der Waals surface area contributed by atoms with Gasteiger partial charge in [0.25, 0.3) is 0 Å². The molecule has 2 fully saturated rings. The number of rotatable bonds is 10. The molecule has 0 bridgehead atoms. The van der Waals surface area contributed by atoms with Crippen LogP contribution in [0.25, 0.3) is 0 Å². The van der Waals surface area contributed by atoms with Crippen molar-refractivity contribution in [3.63, 3.8) is 0 Å². The molecule has 2 unspecified atom stereocenters. The highest BCUT2D eigenvalue weighted by Crippen LogP contribution is 2.66. The first-order chi connectivity index (χ1) is 17.3. The van der Waals surface area contributed by atoms with Gasteiger partial charge in [0, 0.05) is 31.9 Å². The Morgan fingerprint density at radius 2 is 1.70 bits per heavy atom. The highest BCUT2D eigenvalue weighted by molar-refractivity contribution is 6.73. The van der Waals surface area contributed by atoms with Gasteiger partial charge in [0.05, 0.1) is 12.0 Å². The molecule has 0 saturated heterocycles. The Morgan fingerprint density at radius 3 is 2.24 bits per heavy atom. The lowest BCUT2D eigenvalue weighted by atomic mass is 9.43. The van der Waals surface area contributed by atoms with Gasteiger partial charge in [0.15, 0.2) is 14.1 Å². The third-order valence-corrected chi connectivity index (χ3v) is 15.8. The molecule has 0 spiro atoms. The molecule has 210 valence electrons. The van der Waals surface area contributed by atoms with Gasteiger partial charge in [0.1, 0.15) is 12.0 Å². The topological polar surface area (TPSA) is 61.8 Å². The predicted octanol–water partition coefficient (Wildman–Crippen LogP) is 7.62. The maximum Gasteiger partial charge on any atom is 0.217 e. The number of ether oxygens (including phenoxy) is 2. The van der Waals surface area contributed by atoms with Crippen molar-refractivity contribution in [1.82, 2.24) is 0 Å². The van der Waals surface area contributed by atoms with Gasteiger partial charge >= 0.3 is 0 Å². The molecule has 5 nitrogen and oxygen atoms in total. The molecule has 3 rings (SSSR count). The Hall–Kier alpha value is -1.24. The van der Waals surface area contributed by atoms with Crippen molar-refractivity contribution in [2.45, 2.75) is 124 Å². The molecule has 1 aliphatic heterocycles. The summed E-state index contributed by atoms with van der Waals surface area (Å²) in [6.45, 7) is 21.8. The standard InChI is InChI=1S/C31H52O5Si/c1-11-37(12-2,13-3)36-25-17-19-30(8)24(29(25,7)18-14-20-32)16-15-21(4)26(30)27-28(33)22(5)23(6)35-31(27,9)34-10/h20,24-27H,4,11-19H2,1-3,5-10H3/t24-,25+,26-,27?,29-,30+,31?/m0/s1. The zero-order valence-electron chi connectivity index (χ0n) is 25.0. The summed E-state index contributed by atoms with van der Waals surface area (Å²) in [5, 5.41) is 0. The number of carbonyl (C=O) groups excluding carboxylic acids is 2. The van der Waals surface area contributed by atoms with E-state index in [9.17, 15) is 9.59 Å². The molecule has 6 heteroatoms. The SMILES string of the molecule is C=C1CC[C@H]2[C@](C)(CCC=O)[C@H](O[Si](CC)(CC)CC)CC[C@@]2(C)[C@@H]1C1C(=O)C(C)=C(C)OC1(C)OC. The van der Waals surface area contributed by atoms with Crippen molar-refractivity contribution >= 4 is 20.4 Å². The van der Waals surface area contributed by atoms with Gasteiger partial charge in [-0.25, -0.2) is 0 Å². The number of fused-ring (bicyclic) bond motifs is 1. The van der Waals surface area contributed by atoms with Crippen molar-refractivity contribution in [1.29, 1.82) is 0 Å². The van der Waals surface area contributed by atoms with Gasteiger partial charge in [-0.1, -0.05) is 46.8 Å². The Balaban J connectivity index is 2.11. The number of allylic oxidation sites excluding steroid dienone is 3. The van der Waals surface area contributed by atoms with E-state index in [4.69, 9.17) is 13.9 Å². The second-order valence-electron chi connectivity index (χ2n) is 12.7. The molecule has 3 aliphatic rings. The Bertz CT molecular complexity index is 914. The van der Waals surface area contributed by atoms with E-state index in [1.807, 2.05) is 20.8 Å². The Labute approximate surface area is 226 Å². The summed E-state index contributed by atoms with van der Waals surface area (Å²) < 4.78 is 19.5. The van der Waals surface area contributed by atoms with Crippen LogP contribution in [0, 0.1) is 28.6 Å². The quantitative estimate of drug-likeness (QED) is 0.164. The highest BCUT2D eigenvalue weighted by atomic mass is 28.4. The summed E-state index contributed by atoms with van der Waals surface area (Å²) in [5.41, 5.74) is 1.50. The van der Waals surface area contributed by atoms with Crippen LogP contribution in [-0.4, -0.2) is 39.4 Å². The van der Waals surface area contributed by atoms with Gasteiger partial charge in [-0.05, 0) is 80.8 Å². The smallest absolute Gasteiger partial charge is 0.217 e. The molecule has 0 aromatic carbocycles. The molecule has 0 aromatic heterocycles. The molecule has 1 heterocycles. The second kappa shape index (κ2) is 11.1. The minimum atomic E-state index is -1.84. The van der Waals surface area contributed by atoms with E-state index in [2.05, 4.69) is 41.2 Å². The van der Waals surface area contributed by atoms with E-state index in [-0.39, 0.29) is 28.6 Å². The molecule has 0 N–H and O–H groups in total. The van der Waals surface area contributed by atoms with Gasteiger partial charge in [-0.2, -0.15) is 0 Å². The predicted molar refractivity (Wildman–Crippen MR) is 152 cm³/mol. The molecule has 2 aliphatic carbocycles. The fourth-order valence-corrected chi connectivity index (χ4v) is 11.4. The van der Waals surface area contributed by atoms with Crippen LogP contribution in [0.15, 0.2) is 23.5 Å². The monoisotopic (exact) mass is 532 g/mol. The third kappa shape index (κ3) is 4.95. The first-order valence-corrected chi connectivity index (χ1v) is 17.1. The average molecular weight is 533 g/mol. The van der Waals surface area contributed by atoms with E-state index in [0.29, 0.717) is 23.7 Å². The van der Waals surface area contributed by atoms with Crippen molar-refractivity contribution in [2.75, 3.05) is 7.11 Å². The summed E-state index contributed by atoms with van der Waals surface area (Å²) in [6, 6.07) is 3.35. The van der Waals surface area contributed by atoms with Crippen LogP contribution in [0.2, 0.25) is 18.1 Å². The van der Waals surface area contributed by atoms with Crippen LogP contribution in [0.4, 0.5) is 0 Å². The van der Waals surface area contributed by atoms with E-state index in [1.165, 1.54) is 0 Å². The van der Waals surface area contributed by atoms with E-state index >= 15 is 0 Å². The summed E-state index contributed by atoms with van der Waals surface area (Å²) >= 11 is 0. The summed E-state index contributed by atoms with van der Waals surface area (Å²) in [7, 11) is -0.197. The first kappa shape index (κ1) is 30.3. The normalized spacial score (nSPS) is 38.8. The average Bonchev–Trinajstić information content (AvgIpc) is 2.88. The number of hydrogen-bond donors (Lipinski definition) is 0. The maximum absolute atomic E-state index is 13.9.